The third-order valence-electron chi connectivity index (χ3n) is 4.93. The summed E-state index contributed by atoms with van der Waals surface area (Å²) in [5.41, 5.74) is 1.49. The Bertz CT molecular complexity index is 1050. The number of hydrogen-bond acceptors (Lipinski definition) is 7. The van der Waals surface area contributed by atoms with E-state index < -0.39 is 0 Å². The maximum Gasteiger partial charge on any atom is 0.258 e. The Morgan fingerprint density at radius 2 is 2.00 bits per heavy atom. The molecule has 0 N–H and O–H groups in total. The van der Waals surface area contributed by atoms with Gasteiger partial charge >= 0.3 is 0 Å². The number of benzene rings is 2. The lowest BCUT2D eigenvalue weighted by Crippen LogP contribution is -2.24. The van der Waals surface area contributed by atoms with Gasteiger partial charge in [0.1, 0.15) is 5.75 Å². The molecule has 3 heterocycles. The van der Waals surface area contributed by atoms with Crippen molar-refractivity contribution in [3.05, 3.63) is 48.3 Å². The fraction of sp³-hybridized carbons (Fsp3) is 0.250. The van der Waals surface area contributed by atoms with Gasteiger partial charge in [-0.25, -0.2) is 0 Å². The van der Waals surface area contributed by atoms with Crippen molar-refractivity contribution >= 4 is 11.6 Å². The number of carbonyl (C=O) groups is 1. The zero-order chi connectivity index (χ0) is 19.1. The fourth-order valence-electron chi connectivity index (χ4n) is 3.51. The van der Waals surface area contributed by atoms with Gasteiger partial charge < -0.3 is 23.6 Å². The van der Waals surface area contributed by atoms with E-state index in [9.17, 15) is 4.79 Å². The lowest BCUT2D eigenvalue weighted by atomic mass is 10.1. The van der Waals surface area contributed by atoms with Crippen LogP contribution < -0.4 is 19.1 Å². The number of carbonyl (C=O) groups excluding carboxylic acids is 1. The van der Waals surface area contributed by atoms with Crippen molar-refractivity contribution in [3.8, 4) is 28.7 Å². The molecule has 2 aromatic carbocycles. The van der Waals surface area contributed by atoms with Gasteiger partial charge in [0.2, 0.25) is 12.7 Å². The molecule has 2 aliphatic rings. The molecule has 3 aromatic rings. The molecule has 28 heavy (non-hydrogen) atoms. The standard InChI is InChI=1S/C20H17N3O5/c1-25-15-5-3-2-4-14(15)23-10-13(9-18(23)24)19-21-20(28-22-19)12-6-7-16-17(8-12)27-11-26-16/h2-8,13H,9-11H2,1H3. The van der Waals surface area contributed by atoms with E-state index in [0.29, 0.717) is 41.9 Å². The quantitative estimate of drug-likeness (QED) is 0.689. The molecule has 142 valence electrons. The Morgan fingerprint density at radius 3 is 2.89 bits per heavy atom. The summed E-state index contributed by atoms with van der Waals surface area (Å²) in [6.45, 7) is 0.677. The number of rotatable bonds is 4. The van der Waals surface area contributed by atoms with Gasteiger partial charge in [-0.2, -0.15) is 4.98 Å². The molecule has 0 spiro atoms. The molecule has 0 aliphatic carbocycles. The molecule has 2 aliphatic heterocycles. The average Bonchev–Trinajstić information content (AvgIpc) is 3.46. The Labute approximate surface area is 160 Å². The predicted octanol–water partition coefficient (Wildman–Crippen LogP) is 2.99. The Kier molecular flexibility index (Phi) is 3.89. The lowest BCUT2D eigenvalue weighted by Gasteiger charge is -2.18. The summed E-state index contributed by atoms with van der Waals surface area (Å²) in [6.07, 6.45) is 0.318. The first-order valence-electron chi connectivity index (χ1n) is 8.90. The van der Waals surface area contributed by atoms with Gasteiger partial charge in [0.15, 0.2) is 17.3 Å². The number of amides is 1. The first-order valence-corrected chi connectivity index (χ1v) is 8.90. The van der Waals surface area contributed by atoms with Crippen LogP contribution in [0.15, 0.2) is 47.0 Å². The molecule has 0 saturated carbocycles. The third-order valence-corrected chi connectivity index (χ3v) is 4.93. The summed E-state index contributed by atoms with van der Waals surface area (Å²) < 4.78 is 21.5. The molecule has 8 heteroatoms. The topological polar surface area (TPSA) is 86.9 Å². The highest BCUT2D eigenvalue weighted by molar-refractivity contribution is 5.97. The average molecular weight is 379 g/mol. The fourth-order valence-corrected chi connectivity index (χ4v) is 3.51. The van der Waals surface area contributed by atoms with Crippen LogP contribution in [0.2, 0.25) is 0 Å². The molecular weight excluding hydrogens is 362 g/mol. The number of methoxy groups -OCH3 is 1. The minimum atomic E-state index is -0.149. The van der Waals surface area contributed by atoms with Crippen molar-refractivity contribution < 1.29 is 23.5 Å². The minimum Gasteiger partial charge on any atom is -0.495 e. The second kappa shape index (κ2) is 6.56. The highest BCUT2D eigenvalue weighted by Gasteiger charge is 2.35. The molecule has 1 amide bonds. The number of ether oxygens (including phenoxy) is 3. The number of para-hydroxylation sites is 2. The van der Waals surface area contributed by atoms with E-state index in [1.54, 1.807) is 18.1 Å². The zero-order valence-electron chi connectivity index (χ0n) is 15.1. The lowest BCUT2D eigenvalue weighted by molar-refractivity contribution is -0.117. The van der Waals surface area contributed by atoms with Gasteiger partial charge in [0.05, 0.1) is 12.8 Å². The molecule has 5 rings (SSSR count). The van der Waals surface area contributed by atoms with E-state index in [2.05, 4.69) is 10.1 Å². The van der Waals surface area contributed by atoms with E-state index in [4.69, 9.17) is 18.7 Å². The van der Waals surface area contributed by atoms with Crippen LogP contribution in [0.4, 0.5) is 5.69 Å². The molecule has 1 aromatic heterocycles. The Morgan fingerprint density at radius 1 is 1.14 bits per heavy atom. The van der Waals surface area contributed by atoms with Crippen molar-refractivity contribution in [2.75, 3.05) is 25.3 Å². The van der Waals surface area contributed by atoms with Gasteiger partial charge in [-0.15, -0.1) is 0 Å². The number of hydrogen-bond donors (Lipinski definition) is 0. The van der Waals surface area contributed by atoms with Crippen LogP contribution in [0.5, 0.6) is 17.2 Å². The minimum absolute atomic E-state index is 0.00364. The number of nitrogens with zero attached hydrogens (tertiary/aromatic N) is 3. The second-order valence-electron chi connectivity index (χ2n) is 6.60. The van der Waals surface area contributed by atoms with E-state index >= 15 is 0 Å². The highest BCUT2D eigenvalue weighted by atomic mass is 16.7. The van der Waals surface area contributed by atoms with Crippen LogP contribution in [0.25, 0.3) is 11.5 Å². The van der Waals surface area contributed by atoms with Crippen molar-refractivity contribution in [1.29, 1.82) is 0 Å². The summed E-state index contributed by atoms with van der Waals surface area (Å²) >= 11 is 0. The van der Waals surface area contributed by atoms with Gasteiger partial charge in [-0.1, -0.05) is 17.3 Å². The molecule has 0 bridgehead atoms. The number of aromatic nitrogens is 2. The largest absolute Gasteiger partial charge is 0.495 e. The molecule has 0 radical (unpaired) electrons. The smallest absolute Gasteiger partial charge is 0.258 e. The van der Waals surface area contributed by atoms with E-state index in [0.717, 1.165) is 11.3 Å². The van der Waals surface area contributed by atoms with Crippen LogP contribution in [0.3, 0.4) is 0 Å². The summed E-state index contributed by atoms with van der Waals surface area (Å²) in [6, 6.07) is 12.9. The molecule has 1 unspecified atom stereocenters. The van der Waals surface area contributed by atoms with E-state index in [-0.39, 0.29) is 18.6 Å². The monoisotopic (exact) mass is 379 g/mol. The van der Waals surface area contributed by atoms with Gasteiger partial charge in [-0.3, -0.25) is 4.79 Å². The second-order valence-corrected chi connectivity index (χ2v) is 6.60. The molecule has 1 atom stereocenters. The van der Waals surface area contributed by atoms with Crippen LogP contribution >= 0.6 is 0 Å². The summed E-state index contributed by atoms with van der Waals surface area (Å²) in [5.74, 6) is 2.75. The SMILES string of the molecule is COc1ccccc1N1CC(c2noc(-c3ccc4c(c3)OCO4)n2)CC1=O. The van der Waals surface area contributed by atoms with Crippen LogP contribution in [0.1, 0.15) is 18.2 Å². The normalized spacial score (nSPS) is 18.0. The summed E-state index contributed by atoms with van der Waals surface area (Å²) in [7, 11) is 1.59. The van der Waals surface area contributed by atoms with Gasteiger partial charge in [-0.05, 0) is 30.3 Å². The van der Waals surface area contributed by atoms with Crippen LogP contribution in [-0.4, -0.2) is 36.5 Å². The van der Waals surface area contributed by atoms with Crippen LogP contribution in [0, 0.1) is 0 Å². The van der Waals surface area contributed by atoms with Gasteiger partial charge in [0, 0.05) is 24.4 Å². The third kappa shape index (κ3) is 2.74. The van der Waals surface area contributed by atoms with E-state index in [1.807, 2.05) is 36.4 Å². The first-order chi connectivity index (χ1) is 13.7. The Balaban J connectivity index is 1.39. The molecule has 1 fully saturated rings. The first kappa shape index (κ1) is 16.6. The summed E-state index contributed by atoms with van der Waals surface area (Å²) in [4.78, 5) is 18.8. The van der Waals surface area contributed by atoms with Crippen molar-refractivity contribution in [2.45, 2.75) is 12.3 Å². The Hall–Kier alpha value is -3.55. The zero-order valence-corrected chi connectivity index (χ0v) is 15.1. The van der Waals surface area contributed by atoms with Crippen LogP contribution in [-0.2, 0) is 4.79 Å². The van der Waals surface area contributed by atoms with Gasteiger partial charge in [0.25, 0.3) is 5.89 Å². The molecule has 1 saturated heterocycles. The van der Waals surface area contributed by atoms with Crippen molar-refractivity contribution in [2.24, 2.45) is 0 Å². The molecule has 8 nitrogen and oxygen atoms in total. The van der Waals surface area contributed by atoms with Crippen molar-refractivity contribution in [3.63, 3.8) is 0 Å². The van der Waals surface area contributed by atoms with Crippen molar-refractivity contribution in [1.82, 2.24) is 10.1 Å². The maximum absolute atomic E-state index is 12.6. The van der Waals surface area contributed by atoms with E-state index in [1.165, 1.54) is 0 Å². The molecular formula is C20H17N3O5. The number of fused-ring (bicyclic) bond motifs is 1. The predicted molar refractivity (Wildman–Crippen MR) is 98.6 cm³/mol. The highest BCUT2D eigenvalue weighted by Crippen LogP contribution is 2.38. The summed E-state index contributed by atoms with van der Waals surface area (Å²) in [5, 5.41) is 4.10. The number of anilines is 1. The maximum atomic E-state index is 12.6.